The lowest BCUT2D eigenvalue weighted by molar-refractivity contribution is 0.243. The quantitative estimate of drug-likeness (QED) is 0.511. The maximum Gasteiger partial charge on any atom is 0.0463 e. The first-order valence-corrected chi connectivity index (χ1v) is 4.13. The highest BCUT2D eigenvalue weighted by Crippen LogP contribution is 2.13. The molecule has 0 N–H and O–H groups in total. The molecule has 54 valence electrons. The van der Waals surface area contributed by atoms with Gasteiger partial charge in [0, 0.05) is 11.9 Å². The lowest BCUT2D eigenvalue weighted by Gasteiger charge is -2.28. The fourth-order valence-electron chi connectivity index (χ4n) is 1.29. The molecule has 1 heterocycles. The van der Waals surface area contributed by atoms with Crippen molar-refractivity contribution in [3.63, 3.8) is 0 Å². The zero-order chi connectivity index (χ0) is 6.69. The van der Waals surface area contributed by atoms with Crippen molar-refractivity contribution in [1.82, 2.24) is 4.90 Å². The molecule has 0 aromatic carbocycles. The van der Waals surface area contributed by atoms with E-state index >= 15 is 0 Å². The Hall–Kier alpha value is 0.250. The number of hydrogen-bond donors (Lipinski definition) is 0. The molecule has 9 heavy (non-hydrogen) atoms. The molecule has 0 bridgehead atoms. The number of alkyl halides is 1. The maximum atomic E-state index is 5.95. The van der Waals surface area contributed by atoms with Gasteiger partial charge in [0.2, 0.25) is 0 Å². The second-order valence-electron chi connectivity index (χ2n) is 2.63. The summed E-state index contributed by atoms with van der Waals surface area (Å²) < 4.78 is 0. The highest BCUT2D eigenvalue weighted by Gasteiger charge is 2.15. The van der Waals surface area contributed by atoms with E-state index in [0.29, 0.717) is 5.38 Å². The van der Waals surface area contributed by atoms with Crippen LogP contribution in [0.5, 0.6) is 0 Å². The zero-order valence-corrected chi connectivity index (χ0v) is 6.69. The van der Waals surface area contributed by atoms with E-state index in [1.807, 2.05) is 0 Å². The van der Waals surface area contributed by atoms with E-state index in [-0.39, 0.29) is 0 Å². The topological polar surface area (TPSA) is 3.24 Å². The van der Waals surface area contributed by atoms with E-state index in [9.17, 15) is 0 Å². The Bertz CT molecular complexity index is 85.0. The Balaban J connectivity index is 2.23. The van der Waals surface area contributed by atoms with Crippen LogP contribution in [0.25, 0.3) is 0 Å². The number of hydrogen-bond acceptors (Lipinski definition) is 1. The van der Waals surface area contributed by atoms with Gasteiger partial charge in [-0.1, -0.05) is 6.92 Å². The normalized spacial score (nSPS) is 30.7. The highest BCUT2D eigenvalue weighted by molar-refractivity contribution is 6.20. The van der Waals surface area contributed by atoms with Crippen LogP contribution >= 0.6 is 11.6 Å². The van der Waals surface area contributed by atoms with Gasteiger partial charge in [-0.15, -0.1) is 11.6 Å². The minimum Gasteiger partial charge on any atom is -0.302 e. The molecule has 0 aromatic rings. The molecule has 1 fully saturated rings. The van der Waals surface area contributed by atoms with Gasteiger partial charge in [-0.25, -0.2) is 0 Å². The van der Waals surface area contributed by atoms with Gasteiger partial charge in [-0.2, -0.15) is 0 Å². The summed E-state index contributed by atoms with van der Waals surface area (Å²) in [6.45, 7) is 5.69. The van der Waals surface area contributed by atoms with Crippen molar-refractivity contribution >= 4 is 11.6 Å². The summed E-state index contributed by atoms with van der Waals surface area (Å²) >= 11 is 5.95. The predicted molar refractivity (Wildman–Crippen MR) is 41.0 cm³/mol. The van der Waals surface area contributed by atoms with Crippen LogP contribution in [0.2, 0.25) is 0 Å². The standard InChI is InChI=1S/C7H14ClN/c1-2-9-5-3-4-7(8)6-9/h7H,2-6H2,1H3/t7-/m1/s1. The van der Waals surface area contributed by atoms with Crippen LogP contribution in [0.3, 0.4) is 0 Å². The van der Waals surface area contributed by atoms with Crippen molar-refractivity contribution in [3.05, 3.63) is 0 Å². The molecule has 1 saturated heterocycles. The first kappa shape index (κ1) is 7.36. The smallest absolute Gasteiger partial charge is 0.0463 e. The van der Waals surface area contributed by atoms with Gasteiger partial charge >= 0.3 is 0 Å². The van der Waals surface area contributed by atoms with E-state index < -0.39 is 0 Å². The lowest BCUT2D eigenvalue weighted by atomic mass is 10.1. The van der Waals surface area contributed by atoms with Crippen molar-refractivity contribution in [2.24, 2.45) is 0 Å². The minimum absolute atomic E-state index is 0.415. The monoisotopic (exact) mass is 147 g/mol. The number of piperidine rings is 1. The van der Waals surface area contributed by atoms with Crippen LogP contribution < -0.4 is 0 Å². The van der Waals surface area contributed by atoms with Gasteiger partial charge in [-0.05, 0) is 25.9 Å². The summed E-state index contributed by atoms with van der Waals surface area (Å²) in [5.74, 6) is 0. The lowest BCUT2D eigenvalue weighted by Crippen LogP contribution is -2.35. The average molecular weight is 148 g/mol. The molecule has 1 atom stereocenters. The molecule has 1 rings (SSSR count). The molecule has 0 aliphatic carbocycles. The molecule has 0 radical (unpaired) electrons. The van der Waals surface area contributed by atoms with Crippen LogP contribution in [0.4, 0.5) is 0 Å². The molecular weight excluding hydrogens is 134 g/mol. The Morgan fingerprint density at radius 1 is 1.67 bits per heavy atom. The van der Waals surface area contributed by atoms with Crippen LogP contribution in [0.1, 0.15) is 19.8 Å². The molecule has 0 spiro atoms. The third-order valence-corrected chi connectivity index (χ3v) is 2.25. The molecule has 0 unspecified atom stereocenters. The number of rotatable bonds is 1. The molecule has 0 saturated carbocycles. The predicted octanol–water partition coefficient (Wildman–Crippen LogP) is 1.71. The molecule has 1 nitrogen and oxygen atoms in total. The highest BCUT2D eigenvalue weighted by atomic mass is 35.5. The first-order chi connectivity index (χ1) is 4.33. The molecular formula is C7H14ClN. The van der Waals surface area contributed by atoms with Gasteiger partial charge in [0.15, 0.2) is 0 Å². The minimum atomic E-state index is 0.415. The van der Waals surface area contributed by atoms with Crippen molar-refractivity contribution in [2.45, 2.75) is 25.1 Å². The van der Waals surface area contributed by atoms with E-state index in [1.165, 1.54) is 19.4 Å². The Morgan fingerprint density at radius 2 is 2.44 bits per heavy atom. The number of halogens is 1. The van der Waals surface area contributed by atoms with Crippen LogP contribution in [0, 0.1) is 0 Å². The second-order valence-corrected chi connectivity index (χ2v) is 3.25. The first-order valence-electron chi connectivity index (χ1n) is 3.69. The second kappa shape index (κ2) is 3.43. The maximum absolute atomic E-state index is 5.95. The van der Waals surface area contributed by atoms with Gasteiger partial charge in [0.1, 0.15) is 0 Å². The van der Waals surface area contributed by atoms with Gasteiger partial charge in [0.25, 0.3) is 0 Å². The Morgan fingerprint density at radius 3 is 2.89 bits per heavy atom. The summed E-state index contributed by atoms with van der Waals surface area (Å²) in [5, 5.41) is 0.415. The Kier molecular flexibility index (Phi) is 2.80. The largest absolute Gasteiger partial charge is 0.302 e. The molecule has 0 aromatic heterocycles. The van der Waals surface area contributed by atoms with Crippen molar-refractivity contribution in [2.75, 3.05) is 19.6 Å². The van der Waals surface area contributed by atoms with E-state index in [2.05, 4.69) is 11.8 Å². The van der Waals surface area contributed by atoms with Gasteiger partial charge < -0.3 is 4.90 Å². The van der Waals surface area contributed by atoms with Crippen LogP contribution in [0.15, 0.2) is 0 Å². The van der Waals surface area contributed by atoms with E-state index in [0.717, 1.165) is 13.1 Å². The SMILES string of the molecule is CCN1CCC[C@@H](Cl)C1. The fraction of sp³-hybridized carbons (Fsp3) is 1.00. The van der Waals surface area contributed by atoms with Gasteiger partial charge in [-0.3, -0.25) is 0 Å². The van der Waals surface area contributed by atoms with Crippen LogP contribution in [-0.2, 0) is 0 Å². The van der Waals surface area contributed by atoms with E-state index in [4.69, 9.17) is 11.6 Å². The molecule has 1 aliphatic rings. The average Bonchev–Trinajstić information content (AvgIpc) is 1.88. The summed E-state index contributed by atoms with van der Waals surface area (Å²) in [6, 6.07) is 0. The van der Waals surface area contributed by atoms with Gasteiger partial charge in [0.05, 0.1) is 0 Å². The third-order valence-electron chi connectivity index (χ3n) is 1.90. The van der Waals surface area contributed by atoms with Crippen molar-refractivity contribution in [1.29, 1.82) is 0 Å². The van der Waals surface area contributed by atoms with Crippen molar-refractivity contribution in [3.8, 4) is 0 Å². The summed E-state index contributed by atoms with van der Waals surface area (Å²) in [7, 11) is 0. The van der Waals surface area contributed by atoms with E-state index in [1.54, 1.807) is 0 Å². The fourth-order valence-corrected chi connectivity index (χ4v) is 1.64. The van der Waals surface area contributed by atoms with Crippen molar-refractivity contribution < 1.29 is 0 Å². The number of likely N-dealkylation sites (tertiary alicyclic amines) is 1. The third kappa shape index (κ3) is 2.15. The summed E-state index contributed by atoms with van der Waals surface area (Å²) in [5.41, 5.74) is 0. The summed E-state index contributed by atoms with van der Waals surface area (Å²) in [4.78, 5) is 2.40. The summed E-state index contributed by atoms with van der Waals surface area (Å²) in [6.07, 6.45) is 2.49. The number of nitrogens with zero attached hydrogens (tertiary/aromatic N) is 1. The van der Waals surface area contributed by atoms with Crippen LogP contribution in [-0.4, -0.2) is 29.9 Å². The zero-order valence-electron chi connectivity index (χ0n) is 5.94. The molecule has 1 aliphatic heterocycles. The molecule has 0 amide bonds. The Labute approximate surface area is 62.0 Å². The molecule has 2 heteroatoms.